The average molecular weight is 329 g/mol. The molecule has 122 valence electrons. The third-order valence-corrected chi connectivity index (χ3v) is 5.25. The van der Waals surface area contributed by atoms with Gasteiger partial charge in [0.2, 0.25) is 5.91 Å². The Morgan fingerprint density at radius 3 is 2.87 bits per heavy atom. The molecule has 1 amide bonds. The van der Waals surface area contributed by atoms with Crippen molar-refractivity contribution in [3.63, 3.8) is 0 Å². The second-order valence-electron chi connectivity index (χ2n) is 6.17. The zero-order valence-corrected chi connectivity index (χ0v) is 14.3. The molecular weight excluding hydrogens is 306 g/mol. The third kappa shape index (κ3) is 4.32. The van der Waals surface area contributed by atoms with E-state index in [1.54, 1.807) is 17.5 Å². The van der Waals surface area contributed by atoms with E-state index in [2.05, 4.69) is 21.7 Å². The van der Waals surface area contributed by atoms with Crippen LogP contribution in [-0.2, 0) is 11.2 Å². The minimum atomic E-state index is 0.0662. The number of pyridine rings is 1. The Morgan fingerprint density at radius 2 is 2.22 bits per heavy atom. The zero-order chi connectivity index (χ0) is 16.1. The summed E-state index contributed by atoms with van der Waals surface area (Å²) in [6.07, 6.45) is 6.46. The lowest BCUT2D eigenvalue weighted by atomic mass is 10.0. The zero-order valence-electron chi connectivity index (χ0n) is 13.4. The minimum Gasteiger partial charge on any atom is -0.381 e. The summed E-state index contributed by atoms with van der Waals surface area (Å²) in [5.41, 5.74) is 1.06. The topological polar surface area (TPSA) is 45.2 Å². The molecule has 2 aromatic heterocycles. The molecule has 0 spiro atoms. The number of likely N-dealkylation sites (tertiary alicyclic amines) is 1. The number of amides is 1. The number of anilines is 1. The van der Waals surface area contributed by atoms with Crippen LogP contribution in [0.5, 0.6) is 0 Å². The van der Waals surface area contributed by atoms with E-state index in [0.29, 0.717) is 11.9 Å². The first kappa shape index (κ1) is 16.0. The monoisotopic (exact) mass is 329 g/mol. The number of nitrogens with zero attached hydrogens (tertiary/aromatic N) is 2. The molecule has 3 rings (SSSR count). The molecule has 0 radical (unpaired) electrons. The second kappa shape index (κ2) is 7.59. The average Bonchev–Trinajstić information content (AvgIpc) is 3.09. The van der Waals surface area contributed by atoms with Gasteiger partial charge >= 0.3 is 0 Å². The molecule has 1 aliphatic rings. The first-order valence-electron chi connectivity index (χ1n) is 8.20. The lowest BCUT2D eigenvalue weighted by Crippen LogP contribution is -2.44. The summed E-state index contributed by atoms with van der Waals surface area (Å²) in [6, 6.07) is 8.56. The number of carbonyl (C=O) groups is 1. The highest BCUT2D eigenvalue weighted by molar-refractivity contribution is 7.09. The van der Waals surface area contributed by atoms with Gasteiger partial charge in [-0.25, -0.2) is 0 Å². The highest BCUT2D eigenvalue weighted by Crippen LogP contribution is 2.20. The number of aromatic nitrogens is 1. The van der Waals surface area contributed by atoms with Crippen molar-refractivity contribution in [2.24, 2.45) is 5.92 Å². The van der Waals surface area contributed by atoms with Crippen LogP contribution in [-0.4, -0.2) is 34.9 Å². The predicted molar refractivity (Wildman–Crippen MR) is 94.6 cm³/mol. The number of carbonyl (C=O) groups excluding carboxylic acids is 1. The highest BCUT2D eigenvalue weighted by atomic mass is 32.1. The third-order valence-electron chi connectivity index (χ3n) is 4.35. The van der Waals surface area contributed by atoms with Gasteiger partial charge in [-0.2, -0.15) is 0 Å². The second-order valence-corrected chi connectivity index (χ2v) is 7.20. The summed E-state index contributed by atoms with van der Waals surface area (Å²) in [4.78, 5) is 20.0. The minimum absolute atomic E-state index is 0.0662. The summed E-state index contributed by atoms with van der Waals surface area (Å²) >= 11 is 1.73. The smallest absolute Gasteiger partial charge is 0.225 e. The van der Waals surface area contributed by atoms with Crippen molar-refractivity contribution in [3.05, 3.63) is 46.9 Å². The van der Waals surface area contributed by atoms with Gasteiger partial charge in [-0.05, 0) is 42.8 Å². The molecule has 1 atom stereocenters. The molecule has 23 heavy (non-hydrogen) atoms. The molecule has 0 aliphatic carbocycles. The van der Waals surface area contributed by atoms with E-state index in [-0.39, 0.29) is 5.92 Å². The molecule has 0 saturated carbocycles. The van der Waals surface area contributed by atoms with Crippen LogP contribution in [0.3, 0.4) is 0 Å². The molecule has 1 unspecified atom stereocenters. The van der Waals surface area contributed by atoms with Crippen molar-refractivity contribution in [1.82, 2.24) is 9.88 Å². The Labute approximate surface area is 141 Å². The fraction of sp³-hybridized carbons (Fsp3) is 0.444. The van der Waals surface area contributed by atoms with Gasteiger partial charge < -0.3 is 10.2 Å². The number of hydrogen-bond donors (Lipinski definition) is 1. The van der Waals surface area contributed by atoms with Crippen molar-refractivity contribution in [1.29, 1.82) is 0 Å². The number of thiophene rings is 1. The Balaban J connectivity index is 1.47. The fourth-order valence-electron chi connectivity index (χ4n) is 3.06. The van der Waals surface area contributed by atoms with Crippen molar-refractivity contribution < 1.29 is 4.79 Å². The molecule has 5 heteroatoms. The van der Waals surface area contributed by atoms with Crippen LogP contribution in [0.1, 0.15) is 24.6 Å². The van der Waals surface area contributed by atoms with Crippen LogP contribution in [0.4, 0.5) is 5.69 Å². The van der Waals surface area contributed by atoms with Crippen LogP contribution in [0.15, 0.2) is 42.0 Å². The van der Waals surface area contributed by atoms with Crippen molar-refractivity contribution in [2.75, 3.05) is 18.4 Å². The molecule has 1 fully saturated rings. The molecule has 1 N–H and O–H groups in total. The molecule has 0 bridgehead atoms. The van der Waals surface area contributed by atoms with Gasteiger partial charge in [0.05, 0.1) is 5.69 Å². The van der Waals surface area contributed by atoms with Crippen LogP contribution in [0.25, 0.3) is 0 Å². The van der Waals surface area contributed by atoms with Crippen molar-refractivity contribution >= 4 is 22.9 Å². The van der Waals surface area contributed by atoms with Gasteiger partial charge in [-0.1, -0.05) is 13.0 Å². The molecule has 3 heterocycles. The number of rotatable bonds is 5. The van der Waals surface area contributed by atoms with E-state index in [9.17, 15) is 4.79 Å². The lowest BCUT2D eigenvalue weighted by Gasteiger charge is -2.34. The first-order valence-corrected chi connectivity index (χ1v) is 9.08. The molecule has 0 aromatic carbocycles. The van der Waals surface area contributed by atoms with E-state index >= 15 is 0 Å². The maximum absolute atomic E-state index is 12.6. The Bertz CT molecular complexity index is 606. The molecule has 2 aromatic rings. The van der Waals surface area contributed by atoms with Gasteiger partial charge in [-0.3, -0.25) is 9.78 Å². The maximum Gasteiger partial charge on any atom is 0.225 e. The van der Waals surface area contributed by atoms with Crippen molar-refractivity contribution in [2.45, 2.75) is 32.2 Å². The van der Waals surface area contributed by atoms with E-state index in [1.165, 1.54) is 4.88 Å². The van der Waals surface area contributed by atoms with E-state index < -0.39 is 0 Å². The van der Waals surface area contributed by atoms with Crippen LogP contribution >= 0.6 is 11.3 Å². The maximum atomic E-state index is 12.6. The van der Waals surface area contributed by atoms with Gasteiger partial charge in [-0.15, -0.1) is 11.3 Å². The summed E-state index contributed by atoms with van der Waals surface area (Å²) in [6.45, 7) is 3.72. The SMILES string of the molecule is CC(Cc1cccs1)C(=O)N1CCC(Nc2cccnc2)CC1. The number of hydrogen-bond acceptors (Lipinski definition) is 4. The Morgan fingerprint density at radius 1 is 1.39 bits per heavy atom. The van der Waals surface area contributed by atoms with Gasteiger partial charge in [0.25, 0.3) is 0 Å². The predicted octanol–water partition coefficient (Wildman–Crippen LogP) is 3.42. The van der Waals surface area contributed by atoms with E-state index in [1.807, 2.05) is 36.2 Å². The Kier molecular flexibility index (Phi) is 5.28. The van der Waals surface area contributed by atoms with E-state index in [4.69, 9.17) is 0 Å². The summed E-state index contributed by atoms with van der Waals surface area (Å²) in [7, 11) is 0. The van der Waals surface area contributed by atoms with Crippen molar-refractivity contribution in [3.8, 4) is 0 Å². The number of piperidine rings is 1. The molecule has 1 aliphatic heterocycles. The standard InChI is InChI=1S/C18H23N3OS/c1-14(12-17-5-3-11-23-17)18(22)21-9-6-15(7-10-21)20-16-4-2-8-19-13-16/h2-5,8,11,13-15,20H,6-7,9-10,12H2,1H3. The van der Waals surface area contributed by atoms with Gasteiger partial charge in [0.1, 0.15) is 0 Å². The quantitative estimate of drug-likeness (QED) is 0.914. The lowest BCUT2D eigenvalue weighted by molar-refractivity contribution is -0.135. The summed E-state index contributed by atoms with van der Waals surface area (Å²) < 4.78 is 0. The largest absolute Gasteiger partial charge is 0.381 e. The normalized spacial score (nSPS) is 17.0. The molecule has 4 nitrogen and oxygen atoms in total. The highest BCUT2D eigenvalue weighted by Gasteiger charge is 2.26. The Hall–Kier alpha value is -1.88. The van der Waals surface area contributed by atoms with Gasteiger partial charge in [0.15, 0.2) is 0 Å². The fourth-order valence-corrected chi connectivity index (χ4v) is 3.89. The van der Waals surface area contributed by atoms with Gasteiger partial charge in [0, 0.05) is 42.3 Å². The van der Waals surface area contributed by atoms with Crippen LogP contribution in [0.2, 0.25) is 0 Å². The van der Waals surface area contributed by atoms with Crippen LogP contribution in [0, 0.1) is 5.92 Å². The number of nitrogens with one attached hydrogen (secondary N) is 1. The summed E-state index contributed by atoms with van der Waals surface area (Å²) in [5, 5.41) is 5.58. The van der Waals surface area contributed by atoms with E-state index in [0.717, 1.165) is 38.0 Å². The van der Waals surface area contributed by atoms with Crippen LogP contribution < -0.4 is 5.32 Å². The summed E-state index contributed by atoms with van der Waals surface area (Å²) in [5.74, 6) is 0.356. The molecular formula is C18H23N3OS. The molecule has 1 saturated heterocycles. The first-order chi connectivity index (χ1) is 11.2.